The van der Waals surface area contributed by atoms with E-state index in [0.29, 0.717) is 16.3 Å². The summed E-state index contributed by atoms with van der Waals surface area (Å²) in [5.74, 6) is -0.306. The molecule has 1 aromatic carbocycles. The molecule has 2 rings (SSSR count). The smallest absolute Gasteiger partial charge is 0.220 e. The molecule has 0 bridgehead atoms. The Bertz CT molecular complexity index is 567. The minimum Gasteiger partial charge on any atom is -0.504 e. The predicted molar refractivity (Wildman–Crippen MR) is 62.6 cm³/mol. The van der Waals surface area contributed by atoms with Crippen LogP contribution in [0.1, 0.15) is 0 Å². The van der Waals surface area contributed by atoms with Crippen molar-refractivity contribution in [1.82, 2.24) is 4.98 Å². The van der Waals surface area contributed by atoms with E-state index < -0.39 is 5.43 Å². The number of rotatable bonds is 1. The summed E-state index contributed by atoms with van der Waals surface area (Å²) in [7, 11) is 0. The number of aromatic nitrogens is 1. The molecule has 2 aromatic rings. The number of aromatic hydroxyl groups is 1. The molecule has 0 saturated carbocycles. The lowest BCUT2D eigenvalue weighted by atomic mass is 10.2. The SMILES string of the molecule is O=c1ccccc(-c2ccc(Cl)cn2)c1O. The average Bonchev–Trinajstić information content (AvgIpc) is 2.44. The third-order valence-corrected chi connectivity index (χ3v) is 2.34. The topological polar surface area (TPSA) is 50.2 Å². The molecule has 0 aliphatic rings. The Labute approximate surface area is 97.0 Å². The van der Waals surface area contributed by atoms with E-state index in [0.717, 1.165) is 0 Å². The maximum absolute atomic E-state index is 11.4. The number of nitrogens with zero attached hydrogens (tertiary/aromatic N) is 1. The van der Waals surface area contributed by atoms with Gasteiger partial charge < -0.3 is 5.11 Å². The van der Waals surface area contributed by atoms with Crippen LogP contribution in [0, 0.1) is 0 Å². The van der Waals surface area contributed by atoms with Crippen LogP contribution in [0.5, 0.6) is 5.75 Å². The van der Waals surface area contributed by atoms with Crippen molar-refractivity contribution in [1.29, 1.82) is 0 Å². The van der Waals surface area contributed by atoms with E-state index in [9.17, 15) is 9.90 Å². The molecule has 0 unspecified atom stereocenters. The summed E-state index contributed by atoms with van der Waals surface area (Å²) in [6.45, 7) is 0. The minimum absolute atomic E-state index is 0.306. The van der Waals surface area contributed by atoms with E-state index in [-0.39, 0.29) is 5.75 Å². The second-order valence-corrected chi connectivity index (χ2v) is 3.64. The lowest BCUT2D eigenvalue weighted by Crippen LogP contribution is -1.95. The monoisotopic (exact) mass is 233 g/mol. The summed E-state index contributed by atoms with van der Waals surface area (Å²) < 4.78 is 0. The molecule has 0 atom stereocenters. The Morgan fingerprint density at radius 2 is 1.88 bits per heavy atom. The van der Waals surface area contributed by atoms with Crippen LogP contribution in [-0.4, -0.2) is 10.1 Å². The molecule has 0 saturated heterocycles. The van der Waals surface area contributed by atoms with Crippen LogP contribution in [-0.2, 0) is 0 Å². The molecule has 0 fully saturated rings. The summed E-state index contributed by atoms with van der Waals surface area (Å²) in [6, 6.07) is 9.48. The highest BCUT2D eigenvalue weighted by molar-refractivity contribution is 6.30. The summed E-state index contributed by atoms with van der Waals surface area (Å²) in [5.41, 5.74) is 0.471. The second-order valence-electron chi connectivity index (χ2n) is 3.21. The fourth-order valence-corrected chi connectivity index (χ4v) is 1.44. The molecular formula is C12H8ClNO2. The average molecular weight is 234 g/mol. The van der Waals surface area contributed by atoms with E-state index in [1.807, 2.05) is 0 Å². The quantitative estimate of drug-likeness (QED) is 0.823. The van der Waals surface area contributed by atoms with Gasteiger partial charge in [-0.1, -0.05) is 23.7 Å². The van der Waals surface area contributed by atoms with Crippen LogP contribution in [0.25, 0.3) is 11.3 Å². The number of halogens is 1. The summed E-state index contributed by atoms with van der Waals surface area (Å²) in [5, 5.41) is 10.2. The van der Waals surface area contributed by atoms with Gasteiger partial charge in [-0.05, 0) is 24.3 Å². The van der Waals surface area contributed by atoms with Gasteiger partial charge in [0.15, 0.2) is 5.75 Å². The molecule has 0 aliphatic heterocycles. The molecule has 3 nitrogen and oxygen atoms in total. The first-order valence-corrected chi connectivity index (χ1v) is 5.00. The van der Waals surface area contributed by atoms with Crippen molar-refractivity contribution >= 4 is 11.6 Å². The van der Waals surface area contributed by atoms with E-state index in [1.54, 1.807) is 30.3 Å². The third-order valence-electron chi connectivity index (χ3n) is 2.11. The maximum atomic E-state index is 11.4. The van der Waals surface area contributed by atoms with Crippen molar-refractivity contribution in [3.05, 3.63) is 57.8 Å². The van der Waals surface area contributed by atoms with Crippen molar-refractivity contribution in [3.8, 4) is 17.0 Å². The first-order valence-electron chi connectivity index (χ1n) is 4.63. The van der Waals surface area contributed by atoms with Crippen LogP contribution in [0.4, 0.5) is 0 Å². The molecule has 1 aromatic heterocycles. The lowest BCUT2D eigenvalue weighted by Gasteiger charge is -1.99. The first-order chi connectivity index (χ1) is 7.68. The second kappa shape index (κ2) is 4.33. The standard InChI is InChI=1S/C12H8ClNO2/c13-8-5-6-10(14-7-8)9-3-1-2-4-11(15)12(9)16/h1-7H,(H,15,16). The van der Waals surface area contributed by atoms with Gasteiger partial charge in [-0.25, -0.2) is 0 Å². The van der Waals surface area contributed by atoms with Gasteiger partial charge in [-0.2, -0.15) is 0 Å². The van der Waals surface area contributed by atoms with Gasteiger partial charge in [0.05, 0.1) is 10.7 Å². The molecular weight excluding hydrogens is 226 g/mol. The highest BCUT2D eigenvalue weighted by Crippen LogP contribution is 2.23. The molecule has 1 heterocycles. The van der Waals surface area contributed by atoms with Gasteiger partial charge in [0.1, 0.15) is 0 Å². The Kier molecular flexibility index (Phi) is 2.88. The van der Waals surface area contributed by atoms with Gasteiger partial charge in [0.2, 0.25) is 5.43 Å². The van der Waals surface area contributed by atoms with Gasteiger partial charge in [-0.3, -0.25) is 9.78 Å². The van der Waals surface area contributed by atoms with Crippen molar-refractivity contribution in [2.24, 2.45) is 0 Å². The van der Waals surface area contributed by atoms with Gasteiger partial charge in [-0.15, -0.1) is 0 Å². The van der Waals surface area contributed by atoms with Crippen LogP contribution in [0.2, 0.25) is 5.02 Å². The number of hydrogen-bond acceptors (Lipinski definition) is 3. The zero-order valence-corrected chi connectivity index (χ0v) is 8.98. The first kappa shape index (κ1) is 10.6. The van der Waals surface area contributed by atoms with Crippen molar-refractivity contribution in [3.63, 3.8) is 0 Å². The summed E-state index contributed by atoms with van der Waals surface area (Å²) >= 11 is 5.71. The van der Waals surface area contributed by atoms with Crippen LogP contribution >= 0.6 is 11.6 Å². The van der Waals surface area contributed by atoms with E-state index in [4.69, 9.17) is 11.6 Å². The maximum Gasteiger partial charge on any atom is 0.220 e. The van der Waals surface area contributed by atoms with Crippen LogP contribution in [0.15, 0.2) is 47.4 Å². The third kappa shape index (κ3) is 2.04. The Balaban J connectivity index is 2.66. The molecule has 4 heteroatoms. The van der Waals surface area contributed by atoms with Crippen molar-refractivity contribution in [2.75, 3.05) is 0 Å². The van der Waals surface area contributed by atoms with Crippen molar-refractivity contribution < 1.29 is 5.11 Å². The normalized spacial score (nSPS) is 10.1. The van der Waals surface area contributed by atoms with E-state index in [1.165, 1.54) is 12.3 Å². The highest BCUT2D eigenvalue weighted by atomic mass is 35.5. The van der Waals surface area contributed by atoms with Gasteiger partial charge in [0, 0.05) is 11.8 Å². The zero-order chi connectivity index (χ0) is 11.5. The molecule has 16 heavy (non-hydrogen) atoms. The van der Waals surface area contributed by atoms with Crippen LogP contribution < -0.4 is 5.43 Å². The summed E-state index contributed by atoms with van der Waals surface area (Å²) in [4.78, 5) is 15.4. The van der Waals surface area contributed by atoms with E-state index in [2.05, 4.69) is 4.98 Å². The molecule has 1 N–H and O–H groups in total. The Hall–Kier alpha value is -1.87. The largest absolute Gasteiger partial charge is 0.504 e. The van der Waals surface area contributed by atoms with Crippen LogP contribution in [0.3, 0.4) is 0 Å². The molecule has 80 valence electrons. The number of hydrogen-bond donors (Lipinski definition) is 1. The van der Waals surface area contributed by atoms with Gasteiger partial charge in [0.25, 0.3) is 0 Å². The van der Waals surface area contributed by atoms with Crippen molar-refractivity contribution in [2.45, 2.75) is 0 Å². The highest BCUT2D eigenvalue weighted by Gasteiger charge is 2.06. The fourth-order valence-electron chi connectivity index (χ4n) is 1.33. The zero-order valence-electron chi connectivity index (χ0n) is 8.22. The summed E-state index contributed by atoms with van der Waals surface area (Å²) in [6.07, 6.45) is 1.47. The number of pyridine rings is 1. The molecule has 0 radical (unpaired) electrons. The Morgan fingerprint density at radius 1 is 1.12 bits per heavy atom. The van der Waals surface area contributed by atoms with Gasteiger partial charge >= 0.3 is 0 Å². The molecule has 0 aliphatic carbocycles. The molecule has 0 amide bonds. The predicted octanol–water partition coefficient (Wildman–Crippen LogP) is 2.47. The Morgan fingerprint density at radius 3 is 2.56 bits per heavy atom. The molecule has 0 spiro atoms. The lowest BCUT2D eigenvalue weighted by molar-refractivity contribution is 0.473. The fraction of sp³-hybridized carbons (Fsp3) is 0. The van der Waals surface area contributed by atoms with E-state index >= 15 is 0 Å². The minimum atomic E-state index is -0.434.